The largest absolute Gasteiger partial charge is 0.364 e. The molecule has 0 atom stereocenters. The fourth-order valence-corrected chi connectivity index (χ4v) is 3.31. The van der Waals surface area contributed by atoms with Gasteiger partial charge in [-0.1, -0.05) is 41.4 Å². The highest BCUT2D eigenvalue weighted by Gasteiger charge is 2.20. The van der Waals surface area contributed by atoms with E-state index in [-0.39, 0.29) is 17.3 Å². The summed E-state index contributed by atoms with van der Waals surface area (Å²) in [4.78, 5) is 13.0. The van der Waals surface area contributed by atoms with E-state index >= 15 is 0 Å². The molecule has 4 aromatic rings. The van der Waals surface area contributed by atoms with Crippen molar-refractivity contribution in [3.63, 3.8) is 0 Å². The first-order chi connectivity index (χ1) is 14.4. The zero-order valence-corrected chi connectivity index (χ0v) is 16.8. The summed E-state index contributed by atoms with van der Waals surface area (Å²) in [6, 6.07) is 11.1. The zero-order chi connectivity index (χ0) is 21.3. The van der Waals surface area contributed by atoms with E-state index in [0.717, 1.165) is 10.4 Å². The number of carbonyl (C=O) groups excluding carboxylic acids is 1. The SMILES string of the molecule is NC(=O)c1nn(-c2c(Cl)cccc2Cl)nc1Nc1cnn(Cc2ccc(F)cc2)c1. The number of primary amides is 1. The molecule has 2 aromatic carbocycles. The lowest BCUT2D eigenvalue weighted by Gasteiger charge is -2.04. The Bertz CT molecular complexity index is 1200. The standard InChI is InChI=1S/C19H14Cl2FN7O/c20-14-2-1-3-15(21)17(14)29-26-16(18(23)30)19(27-29)25-13-8-24-28(10-13)9-11-4-6-12(22)7-5-11/h1-8,10H,9H2,(H2,23,30)(H,25,27). The molecule has 2 aromatic heterocycles. The molecule has 4 rings (SSSR count). The number of halogens is 3. The quantitative estimate of drug-likeness (QED) is 0.469. The van der Waals surface area contributed by atoms with Crippen LogP contribution in [0.5, 0.6) is 0 Å². The van der Waals surface area contributed by atoms with Crippen molar-refractivity contribution in [2.45, 2.75) is 6.54 Å². The van der Waals surface area contributed by atoms with Gasteiger partial charge < -0.3 is 11.1 Å². The van der Waals surface area contributed by atoms with Crippen LogP contribution in [0.4, 0.5) is 15.9 Å². The highest BCUT2D eigenvalue weighted by molar-refractivity contribution is 6.37. The Morgan fingerprint density at radius 3 is 2.47 bits per heavy atom. The van der Waals surface area contributed by atoms with Gasteiger partial charge in [0.05, 0.1) is 28.5 Å². The molecule has 8 nitrogen and oxygen atoms in total. The van der Waals surface area contributed by atoms with E-state index in [1.165, 1.54) is 12.1 Å². The maximum Gasteiger partial charge on any atom is 0.273 e. The van der Waals surface area contributed by atoms with Gasteiger partial charge in [-0.25, -0.2) is 4.39 Å². The van der Waals surface area contributed by atoms with Gasteiger partial charge in [0.25, 0.3) is 5.91 Å². The summed E-state index contributed by atoms with van der Waals surface area (Å²) >= 11 is 12.4. The van der Waals surface area contributed by atoms with Crippen LogP contribution in [-0.4, -0.2) is 30.7 Å². The van der Waals surface area contributed by atoms with Crippen molar-refractivity contribution in [2.75, 3.05) is 5.32 Å². The molecule has 0 aliphatic rings. The summed E-state index contributed by atoms with van der Waals surface area (Å²) in [6.45, 7) is 0.437. The zero-order valence-electron chi connectivity index (χ0n) is 15.3. The van der Waals surface area contributed by atoms with Crippen molar-refractivity contribution in [2.24, 2.45) is 5.73 Å². The van der Waals surface area contributed by atoms with Crippen LogP contribution in [-0.2, 0) is 6.54 Å². The minimum Gasteiger partial charge on any atom is -0.364 e. The average molecular weight is 446 g/mol. The summed E-state index contributed by atoms with van der Waals surface area (Å²) in [7, 11) is 0. The second kappa shape index (κ2) is 8.13. The molecule has 1 amide bonds. The molecule has 30 heavy (non-hydrogen) atoms. The molecule has 2 heterocycles. The molecular formula is C19H14Cl2FN7O. The molecule has 0 unspecified atom stereocenters. The van der Waals surface area contributed by atoms with E-state index in [9.17, 15) is 9.18 Å². The first kappa shape index (κ1) is 19.9. The maximum absolute atomic E-state index is 13.0. The predicted octanol–water partition coefficient (Wildman–Crippen LogP) is 3.80. The molecule has 0 bridgehead atoms. The molecule has 11 heteroatoms. The monoisotopic (exact) mass is 445 g/mol. The van der Waals surface area contributed by atoms with Gasteiger partial charge in [-0.3, -0.25) is 9.48 Å². The number of aromatic nitrogens is 5. The van der Waals surface area contributed by atoms with Gasteiger partial charge in [-0.2, -0.15) is 5.10 Å². The smallest absolute Gasteiger partial charge is 0.273 e. The minimum absolute atomic E-state index is 0.0859. The van der Waals surface area contributed by atoms with Crippen LogP contribution in [0.2, 0.25) is 10.0 Å². The third kappa shape index (κ3) is 4.12. The van der Waals surface area contributed by atoms with Crippen LogP contribution in [0.1, 0.15) is 16.1 Å². The Morgan fingerprint density at radius 1 is 1.10 bits per heavy atom. The number of benzene rings is 2. The number of amides is 1. The van der Waals surface area contributed by atoms with Crippen molar-refractivity contribution in [3.8, 4) is 5.69 Å². The summed E-state index contributed by atoms with van der Waals surface area (Å²) in [6.07, 6.45) is 3.26. The second-order valence-corrected chi connectivity index (χ2v) is 7.11. The molecule has 152 valence electrons. The van der Waals surface area contributed by atoms with Crippen LogP contribution in [0.3, 0.4) is 0 Å². The fourth-order valence-electron chi connectivity index (χ4n) is 2.76. The lowest BCUT2D eigenvalue weighted by molar-refractivity contribution is 0.0996. The topological polar surface area (TPSA) is 104 Å². The predicted molar refractivity (Wildman–Crippen MR) is 111 cm³/mol. The summed E-state index contributed by atoms with van der Waals surface area (Å²) < 4.78 is 14.7. The van der Waals surface area contributed by atoms with E-state index in [4.69, 9.17) is 28.9 Å². The Labute approximate surface area is 180 Å². The van der Waals surface area contributed by atoms with Crippen molar-refractivity contribution in [1.82, 2.24) is 24.8 Å². The van der Waals surface area contributed by atoms with E-state index in [2.05, 4.69) is 20.6 Å². The molecule has 0 saturated heterocycles. The number of nitrogens with two attached hydrogens (primary N) is 1. The number of hydrogen-bond acceptors (Lipinski definition) is 5. The van der Waals surface area contributed by atoms with Gasteiger partial charge in [0.15, 0.2) is 11.5 Å². The number of nitrogens with zero attached hydrogens (tertiary/aromatic N) is 5. The lowest BCUT2D eigenvalue weighted by Crippen LogP contribution is -2.14. The van der Waals surface area contributed by atoms with Crippen LogP contribution < -0.4 is 11.1 Å². The van der Waals surface area contributed by atoms with E-state index in [1.807, 2.05) is 0 Å². The second-order valence-electron chi connectivity index (χ2n) is 6.30. The highest BCUT2D eigenvalue weighted by Crippen LogP contribution is 2.28. The third-order valence-electron chi connectivity index (χ3n) is 4.14. The van der Waals surface area contributed by atoms with E-state index in [1.54, 1.807) is 47.4 Å². The number of nitrogens with one attached hydrogen (secondary N) is 1. The summed E-state index contributed by atoms with van der Waals surface area (Å²) in [5.41, 5.74) is 7.11. The number of rotatable bonds is 6. The summed E-state index contributed by atoms with van der Waals surface area (Å²) in [5, 5.41) is 16.2. The average Bonchev–Trinajstić information content (AvgIpc) is 3.31. The first-order valence-corrected chi connectivity index (χ1v) is 9.42. The number of carbonyl (C=O) groups is 1. The van der Waals surface area contributed by atoms with Crippen LogP contribution in [0.15, 0.2) is 54.9 Å². The molecule has 3 N–H and O–H groups in total. The van der Waals surface area contributed by atoms with Gasteiger partial charge in [0.1, 0.15) is 11.5 Å². The van der Waals surface area contributed by atoms with Crippen molar-refractivity contribution in [1.29, 1.82) is 0 Å². The van der Waals surface area contributed by atoms with Gasteiger partial charge in [0, 0.05) is 6.20 Å². The van der Waals surface area contributed by atoms with E-state index in [0.29, 0.717) is 28.0 Å². The Balaban J connectivity index is 1.60. The minimum atomic E-state index is -0.773. The molecule has 0 fully saturated rings. The molecule has 0 aliphatic heterocycles. The van der Waals surface area contributed by atoms with Gasteiger partial charge in [-0.15, -0.1) is 15.0 Å². The highest BCUT2D eigenvalue weighted by atomic mass is 35.5. The Morgan fingerprint density at radius 2 is 1.80 bits per heavy atom. The summed E-state index contributed by atoms with van der Waals surface area (Å²) in [5.74, 6) is -0.951. The molecule has 0 saturated carbocycles. The lowest BCUT2D eigenvalue weighted by atomic mass is 10.2. The molecule has 0 aliphatic carbocycles. The molecular weight excluding hydrogens is 432 g/mol. The van der Waals surface area contributed by atoms with Gasteiger partial charge in [-0.05, 0) is 29.8 Å². The first-order valence-electron chi connectivity index (χ1n) is 8.66. The van der Waals surface area contributed by atoms with Crippen molar-refractivity contribution >= 4 is 40.6 Å². The van der Waals surface area contributed by atoms with Gasteiger partial charge in [0.2, 0.25) is 0 Å². The van der Waals surface area contributed by atoms with Gasteiger partial charge >= 0.3 is 0 Å². The van der Waals surface area contributed by atoms with Crippen molar-refractivity contribution in [3.05, 3.63) is 82.0 Å². The normalized spacial score (nSPS) is 10.9. The number of para-hydroxylation sites is 1. The van der Waals surface area contributed by atoms with Crippen LogP contribution >= 0.6 is 23.2 Å². The van der Waals surface area contributed by atoms with Crippen LogP contribution in [0.25, 0.3) is 5.69 Å². The third-order valence-corrected chi connectivity index (χ3v) is 4.75. The number of anilines is 2. The Kier molecular flexibility index (Phi) is 5.39. The maximum atomic E-state index is 13.0. The molecule has 0 radical (unpaired) electrons. The molecule has 0 spiro atoms. The number of hydrogen-bond donors (Lipinski definition) is 2. The fraction of sp³-hybridized carbons (Fsp3) is 0.0526. The Hall–Kier alpha value is -3.43. The van der Waals surface area contributed by atoms with Crippen LogP contribution in [0, 0.1) is 5.82 Å². The van der Waals surface area contributed by atoms with E-state index < -0.39 is 5.91 Å². The van der Waals surface area contributed by atoms with Crippen molar-refractivity contribution < 1.29 is 9.18 Å².